The van der Waals surface area contributed by atoms with Crippen LogP contribution in [0.4, 0.5) is 8.78 Å². The summed E-state index contributed by atoms with van der Waals surface area (Å²) in [5.41, 5.74) is 1.26. The molecule has 4 aromatic carbocycles. The smallest absolute Gasteiger partial charge is 0.143 e. The molecule has 0 aliphatic rings. The molecular formula is C57H74F2O4. The molecule has 0 saturated heterocycles. The molecule has 0 heterocycles. The Morgan fingerprint density at radius 3 is 1.19 bits per heavy atom. The first kappa shape index (κ1) is 50.9. The van der Waals surface area contributed by atoms with Crippen LogP contribution in [-0.4, -0.2) is 31.5 Å². The topological polar surface area (TPSA) is 47.9 Å². The largest absolute Gasteiger partial charge is 0.494 e. The van der Waals surface area contributed by atoms with Gasteiger partial charge in [-0.15, -0.1) is 0 Å². The Morgan fingerprint density at radius 2 is 0.825 bits per heavy atom. The lowest BCUT2D eigenvalue weighted by molar-refractivity contribution is 0.285. The van der Waals surface area contributed by atoms with Gasteiger partial charge in [0.05, 0.1) is 25.4 Å². The molecule has 4 nitrogen and oxygen atoms in total. The highest BCUT2D eigenvalue weighted by atomic mass is 19.1. The van der Waals surface area contributed by atoms with Crippen LogP contribution in [0.3, 0.4) is 0 Å². The normalized spacial score (nSPS) is 11.1. The SMILES string of the molecule is CCCCCCCCOc1ccc(C(C#Cc2c(F)cc(C#CCCCCO)cc2F)(c2ccc(OCCCCCCCC)cc2)c2ccc(OCCCCCCCC)cc2)cc1. The van der Waals surface area contributed by atoms with Gasteiger partial charge in [0.15, 0.2) is 0 Å². The number of hydrogen-bond acceptors (Lipinski definition) is 4. The molecule has 0 fully saturated rings. The van der Waals surface area contributed by atoms with E-state index in [1.807, 2.05) is 72.8 Å². The van der Waals surface area contributed by atoms with Crippen molar-refractivity contribution in [3.05, 3.63) is 124 Å². The highest BCUT2D eigenvalue weighted by molar-refractivity contribution is 5.61. The third-order valence-electron chi connectivity index (χ3n) is 11.5. The predicted octanol–water partition coefficient (Wildman–Crippen LogP) is 15.1. The van der Waals surface area contributed by atoms with Crippen LogP contribution in [0.25, 0.3) is 0 Å². The minimum Gasteiger partial charge on any atom is -0.494 e. The van der Waals surface area contributed by atoms with Crippen molar-refractivity contribution < 1.29 is 28.1 Å². The average molecular weight is 861 g/mol. The first-order valence-corrected chi connectivity index (χ1v) is 24.3. The number of hydrogen-bond donors (Lipinski definition) is 1. The van der Waals surface area contributed by atoms with E-state index in [1.54, 1.807) is 0 Å². The summed E-state index contributed by atoms with van der Waals surface area (Å²) in [7, 11) is 0. The molecule has 4 aromatic rings. The van der Waals surface area contributed by atoms with Crippen molar-refractivity contribution in [2.45, 2.75) is 161 Å². The van der Waals surface area contributed by atoms with Crippen LogP contribution in [-0.2, 0) is 5.41 Å². The van der Waals surface area contributed by atoms with Crippen molar-refractivity contribution >= 4 is 0 Å². The van der Waals surface area contributed by atoms with Gasteiger partial charge in [0, 0.05) is 18.6 Å². The molecule has 0 bridgehead atoms. The molecule has 63 heavy (non-hydrogen) atoms. The van der Waals surface area contributed by atoms with Gasteiger partial charge in [0.25, 0.3) is 0 Å². The van der Waals surface area contributed by atoms with Crippen molar-refractivity contribution in [1.29, 1.82) is 0 Å². The summed E-state index contributed by atoms with van der Waals surface area (Å²) in [6.45, 7) is 8.68. The molecule has 0 aliphatic carbocycles. The third-order valence-corrected chi connectivity index (χ3v) is 11.5. The zero-order valence-corrected chi connectivity index (χ0v) is 38.7. The van der Waals surface area contributed by atoms with Gasteiger partial charge in [-0.2, -0.15) is 0 Å². The second-order valence-corrected chi connectivity index (χ2v) is 16.7. The van der Waals surface area contributed by atoms with Crippen molar-refractivity contribution in [1.82, 2.24) is 0 Å². The maximum Gasteiger partial charge on any atom is 0.143 e. The number of aliphatic hydroxyl groups excluding tert-OH is 1. The van der Waals surface area contributed by atoms with Crippen LogP contribution < -0.4 is 14.2 Å². The summed E-state index contributed by atoms with van der Waals surface area (Å²) in [6, 6.07) is 26.4. The summed E-state index contributed by atoms with van der Waals surface area (Å²) in [5.74, 6) is 13.0. The fourth-order valence-electron chi connectivity index (χ4n) is 7.75. The lowest BCUT2D eigenvalue weighted by Crippen LogP contribution is -2.28. The van der Waals surface area contributed by atoms with Gasteiger partial charge in [0.2, 0.25) is 0 Å². The predicted molar refractivity (Wildman–Crippen MR) is 257 cm³/mol. The lowest BCUT2D eigenvalue weighted by Gasteiger charge is -2.31. The van der Waals surface area contributed by atoms with Crippen molar-refractivity contribution in [3.63, 3.8) is 0 Å². The molecule has 6 heteroatoms. The average Bonchev–Trinajstić information content (AvgIpc) is 3.30. The molecule has 0 saturated carbocycles. The summed E-state index contributed by atoms with van der Waals surface area (Å²) in [4.78, 5) is 0. The minimum atomic E-state index is -1.16. The molecule has 0 aliphatic heterocycles. The Balaban J connectivity index is 1.73. The van der Waals surface area contributed by atoms with Gasteiger partial charge in [-0.25, -0.2) is 8.78 Å². The maximum atomic E-state index is 15.9. The third kappa shape index (κ3) is 17.7. The van der Waals surface area contributed by atoms with Gasteiger partial charge < -0.3 is 19.3 Å². The summed E-state index contributed by atoms with van der Waals surface area (Å²) < 4.78 is 50.4. The number of rotatable bonds is 30. The molecule has 0 unspecified atom stereocenters. The molecule has 0 radical (unpaired) electrons. The van der Waals surface area contributed by atoms with E-state index in [0.29, 0.717) is 39.1 Å². The monoisotopic (exact) mass is 861 g/mol. The van der Waals surface area contributed by atoms with Crippen molar-refractivity contribution in [2.24, 2.45) is 0 Å². The molecule has 0 atom stereocenters. The van der Waals surface area contributed by atoms with E-state index < -0.39 is 17.0 Å². The highest BCUT2D eigenvalue weighted by Gasteiger charge is 2.35. The molecule has 340 valence electrons. The molecule has 1 N–H and O–H groups in total. The Bertz CT molecular complexity index is 1790. The first-order chi connectivity index (χ1) is 30.9. The summed E-state index contributed by atoms with van der Waals surface area (Å²) >= 11 is 0. The quantitative estimate of drug-likeness (QED) is 0.0322. The number of halogens is 2. The number of ether oxygens (including phenoxy) is 3. The molecule has 0 aromatic heterocycles. The van der Waals surface area contributed by atoms with E-state index in [2.05, 4.69) is 44.5 Å². The van der Waals surface area contributed by atoms with Gasteiger partial charge >= 0.3 is 0 Å². The molecule has 0 amide bonds. The lowest BCUT2D eigenvalue weighted by atomic mass is 9.69. The van der Waals surface area contributed by atoms with E-state index in [1.165, 1.54) is 89.2 Å². The van der Waals surface area contributed by atoms with Crippen molar-refractivity contribution in [3.8, 4) is 40.9 Å². The van der Waals surface area contributed by atoms with E-state index >= 15 is 8.78 Å². The van der Waals surface area contributed by atoms with Crippen LogP contribution in [0, 0.1) is 35.3 Å². The molecule has 4 rings (SSSR count). The van der Waals surface area contributed by atoms with Gasteiger partial charge in [0.1, 0.15) is 34.3 Å². The van der Waals surface area contributed by atoms with E-state index in [4.69, 9.17) is 19.3 Å². The number of benzene rings is 4. The minimum absolute atomic E-state index is 0.0886. The summed E-state index contributed by atoms with van der Waals surface area (Å²) in [5, 5.41) is 9.07. The maximum absolute atomic E-state index is 15.9. The van der Waals surface area contributed by atoms with Crippen LogP contribution in [0.1, 0.15) is 183 Å². The second kappa shape index (κ2) is 30.3. The van der Waals surface area contributed by atoms with Gasteiger partial charge in [-0.1, -0.05) is 177 Å². The van der Waals surface area contributed by atoms with Gasteiger partial charge in [-0.3, -0.25) is 0 Å². The highest BCUT2D eigenvalue weighted by Crippen LogP contribution is 2.41. The Hall–Kier alpha value is -4.78. The first-order valence-electron chi connectivity index (χ1n) is 24.3. The van der Waals surface area contributed by atoms with Gasteiger partial charge in [-0.05, 0) is 97.3 Å². The molecular weight excluding hydrogens is 787 g/mol. The fraction of sp³-hybridized carbons (Fsp3) is 0.509. The Morgan fingerprint density at radius 1 is 0.460 bits per heavy atom. The Labute approximate surface area is 379 Å². The number of aliphatic hydroxyl groups is 1. The standard InChI is InChI=1S/C57H74F2O4/c1-4-7-10-13-18-23-42-61-51-33-27-48(28-34-51)57(49-29-35-52(36-30-49)62-43-24-19-14-11-8-5-2,50-31-37-53(38-32-50)63-44-25-20-15-12-9-6-3)40-39-54-55(58)45-47(46-56(54)59)26-21-16-17-22-41-60/h27-38,45-46,60H,4-20,22-25,41-44H2,1-3H3. The van der Waals surface area contributed by atoms with Crippen LogP contribution >= 0.6 is 0 Å². The number of unbranched alkanes of at least 4 members (excludes halogenated alkanes) is 17. The van der Waals surface area contributed by atoms with Crippen molar-refractivity contribution in [2.75, 3.05) is 26.4 Å². The van der Waals surface area contributed by atoms with Crippen LogP contribution in [0.2, 0.25) is 0 Å². The zero-order valence-electron chi connectivity index (χ0n) is 38.7. The Kier molecular flexibility index (Phi) is 24.5. The zero-order chi connectivity index (χ0) is 44.8. The fourth-order valence-corrected chi connectivity index (χ4v) is 7.75. The van der Waals surface area contributed by atoms with Crippen LogP contribution in [0.5, 0.6) is 17.2 Å². The molecule has 0 spiro atoms. The second-order valence-electron chi connectivity index (χ2n) is 16.7. The van der Waals surface area contributed by atoms with E-state index in [9.17, 15) is 0 Å². The van der Waals surface area contributed by atoms with E-state index in [-0.39, 0.29) is 17.7 Å². The van der Waals surface area contributed by atoms with Crippen LogP contribution in [0.15, 0.2) is 84.9 Å². The summed E-state index contributed by atoms with van der Waals surface area (Å²) in [6.07, 6.45) is 23.1. The van der Waals surface area contributed by atoms with E-state index in [0.717, 1.165) is 72.5 Å².